The van der Waals surface area contributed by atoms with E-state index in [4.69, 9.17) is 11.1 Å². The zero-order chi connectivity index (χ0) is 32.8. The van der Waals surface area contributed by atoms with Crippen LogP contribution < -0.4 is 5.73 Å². The van der Waals surface area contributed by atoms with Crippen LogP contribution in [0.25, 0.3) is 82.1 Å². The number of aromatic nitrogens is 1. The van der Waals surface area contributed by atoms with E-state index in [0.29, 0.717) is 0 Å². The van der Waals surface area contributed by atoms with E-state index in [1.165, 1.54) is 38.7 Å². The predicted molar refractivity (Wildman–Crippen MR) is 208 cm³/mol. The minimum Gasteiger partial charge on any atom is -0.404 e. The molecular weight excluding hydrogens is 583 g/mol. The van der Waals surface area contributed by atoms with Gasteiger partial charge in [-0.15, -0.1) is 0 Å². The molecule has 0 aliphatic carbocycles. The average Bonchev–Trinajstić information content (AvgIpc) is 3.47. The maximum absolute atomic E-state index is 7.96. The first-order chi connectivity index (χ1) is 23.6. The van der Waals surface area contributed by atoms with Crippen LogP contribution in [0.4, 0.5) is 0 Å². The maximum atomic E-state index is 7.96. The van der Waals surface area contributed by atoms with Gasteiger partial charge in [-0.2, -0.15) is 0 Å². The predicted octanol–water partition coefficient (Wildman–Crippen LogP) is 11.6. The maximum Gasteiger partial charge on any atom is 0.0619 e. The smallest absolute Gasteiger partial charge is 0.0619 e. The molecule has 0 atom stereocenters. The molecular formula is C45H33N3. The molecule has 1 heterocycles. The first-order valence-electron chi connectivity index (χ1n) is 16.0. The number of allylic oxidation sites excluding steroid dienone is 5. The second kappa shape index (κ2) is 11.7. The molecule has 7 aromatic carbocycles. The fraction of sp³-hybridized carbons (Fsp3) is 0. The lowest BCUT2D eigenvalue weighted by atomic mass is 9.97. The van der Waals surface area contributed by atoms with Crippen molar-refractivity contribution in [1.29, 1.82) is 5.41 Å². The van der Waals surface area contributed by atoms with Gasteiger partial charge in [0.15, 0.2) is 0 Å². The molecule has 0 unspecified atom stereocenters. The molecule has 1 aromatic heterocycles. The number of nitrogens with zero attached hydrogens (tertiary/aromatic N) is 1. The molecule has 0 amide bonds. The lowest BCUT2D eigenvalue weighted by Gasteiger charge is -2.14. The van der Waals surface area contributed by atoms with Gasteiger partial charge in [-0.05, 0) is 85.3 Å². The molecule has 0 saturated carbocycles. The van der Waals surface area contributed by atoms with E-state index < -0.39 is 0 Å². The van der Waals surface area contributed by atoms with Crippen molar-refractivity contribution in [3.05, 3.63) is 176 Å². The number of fused-ring (bicyclic) bond motifs is 7. The summed E-state index contributed by atoms with van der Waals surface area (Å²) in [7, 11) is 0. The Morgan fingerprint density at radius 3 is 2.08 bits per heavy atom. The molecule has 0 bridgehead atoms. The Morgan fingerprint density at radius 1 is 0.583 bits per heavy atom. The number of rotatable bonds is 7. The summed E-state index contributed by atoms with van der Waals surface area (Å²) in [6.07, 6.45) is 8.38. The highest BCUT2D eigenvalue weighted by molar-refractivity contribution is 6.20. The second-order valence-corrected chi connectivity index (χ2v) is 12.1. The zero-order valence-corrected chi connectivity index (χ0v) is 26.4. The number of nitrogens with two attached hydrogens (primary N) is 1. The van der Waals surface area contributed by atoms with Crippen LogP contribution in [-0.2, 0) is 0 Å². The Balaban J connectivity index is 1.40. The SMILES string of the molecule is C=C/C=C(\C=N)c1ccc2c(ccc3c4ccc(-c5ccc6cc(/C(C=C)=C/N)ccc6c5)cc4n(-c4cccc5ccccc45)c23)c1. The van der Waals surface area contributed by atoms with Gasteiger partial charge in [0.05, 0.1) is 16.7 Å². The summed E-state index contributed by atoms with van der Waals surface area (Å²) in [4.78, 5) is 0. The van der Waals surface area contributed by atoms with E-state index in [9.17, 15) is 0 Å². The Labute approximate surface area is 279 Å². The van der Waals surface area contributed by atoms with Gasteiger partial charge in [0, 0.05) is 34.0 Å². The third kappa shape index (κ3) is 4.64. The topological polar surface area (TPSA) is 54.8 Å². The summed E-state index contributed by atoms with van der Waals surface area (Å²) in [6.45, 7) is 7.74. The molecule has 0 aliphatic heterocycles. The number of hydrogen-bond donors (Lipinski definition) is 2. The average molecular weight is 616 g/mol. The normalized spacial score (nSPS) is 12.3. The molecule has 48 heavy (non-hydrogen) atoms. The number of hydrogen-bond acceptors (Lipinski definition) is 2. The summed E-state index contributed by atoms with van der Waals surface area (Å²) >= 11 is 0. The molecule has 3 heteroatoms. The molecule has 0 radical (unpaired) electrons. The third-order valence-electron chi connectivity index (χ3n) is 9.44. The fourth-order valence-electron chi connectivity index (χ4n) is 7.09. The molecule has 0 aliphatic rings. The standard InChI is InChI=1S/C45H33N3/c1-3-8-38(28-47)35-17-20-40-37(25-35)19-22-42-41-21-18-36(34-16-15-32-23-31(29(4-2)27-46)13-14-33(32)24-34)26-44(41)48(45(40)42)43-12-7-10-30-9-5-6-11-39(30)43/h3-28,47H,1-2,46H2/b29-27+,38-8+,47-28?. The first kappa shape index (κ1) is 29.0. The van der Waals surface area contributed by atoms with Gasteiger partial charge >= 0.3 is 0 Å². The highest BCUT2D eigenvalue weighted by Gasteiger charge is 2.18. The summed E-state index contributed by atoms with van der Waals surface area (Å²) in [5.74, 6) is 0. The van der Waals surface area contributed by atoms with Gasteiger partial charge in [0.25, 0.3) is 0 Å². The molecule has 0 fully saturated rings. The van der Waals surface area contributed by atoms with Gasteiger partial charge in [0.1, 0.15) is 0 Å². The molecule has 228 valence electrons. The third-order valence-corrected chi connectivity index (χ3v) is 9.44. The largest absolute Gasteiger partial charge is 0.404 e. The molecule has 0 spiro atoms. The highest BCUT2D eigenvalue weighted by atomic mass is 15.0. The monoisotopic (exact) mass is 615 g/mol. The lowest BCUT2D eigenvalue weighted by Crippen LogP contribution is -1.96. The van der Waals surface area contributed by atoms with Crippen LogP contribution in [0.2, 0.25) is 0 Å². The van der Waals surface area contributed by atoms with Crippen molar-refractivity contribution in [2.45, 2.75) is 0 Å². The Kier molecular flexibility index (Phi) is 7.08. The molecule has 8 aromatic rings. The Morgan fingerprint density at radius 2 is 1.25 bits per heavy atom. The quantitative estimate of drug-likeness (QED) is 0.136. The van der Waals surface area contributed by atoms with Gasteiger partial charge in [-0.25, -0.2) is 0 Å². The van der Waals surface area contributed by atoms with Crippen molar-refractivity contribution in [2.24, 2.45) is 5.73 Å². The van der Waals surface area contributed by atoms with Crippen LogP contribution in [0.1, 0.15) is 11.1 Å². The van der Waals surface area contributed by atoms with Crippen molar-refractivity contribution in [3.8, 4) is 16.8 Å². The van der Waals surface area contributed by atoms with Crippen LogP contribution in [0.5, 0.6) is 0 Å². The van der Waals surface area contributed by atoms with E-state index in [2.05, 4.69) is 145 Å². The first-order valence-corrected chi connectivity index (χ1v) is 16.0. The summed E-state index contributed by atoms with van der Waals surface area (Å²) in [6, 6.07) is 46.0. The van der Waals surface area contributed by atoms with Crippen LogP contribution in [0.15, 0.2) is 165 Å². The zero-order valence-electron chi connectivity index (χ0n) is 26.4. The van der Waals surface area contributed by atoms with Crippen molar-refractivity contribution < 1.29 is 0 Å². The Hall–Kier alpha value is -6.45. The van der Waals surface area contributed by atoms with Crippen molar-refractivity contribution in [1.82, 2.24) is 4.57 Å². The van der Waals surface area contributed by atoms with E-state index in [1.54, 1.807) is 18.4 Å². The van der Waals surface area contributed by atoms with Crippen LogP contribution in [0, 0.1) is 5.41 Å². The van der Waals surface area contributed by atoms with Gasteiger partial charge < -0.3 is 15.7 Å². The van der Waals surface area contributed by atoms with Gasteiger partial charge in [-0.1, -0.05) is 128 Å². The van der Waals surface area contributed by atoms with E-state index in [-0.39, 0.29) is 0 Å². The van der Waals surface area contributed by atoms with Crippen LogP contribution >= 0.6 is 0 Å². The van der Waals surface area contributed by atoms with Crippen molar-refractivity contribution in [3.63, 3.8) is 0 Å². The molecule has 3 N–H and O–H groups in total. The minimum atomic E-state index is 0.829. The molecule has 8 rings (SSSR count). The lowest BCUT2D eigenvalue weighted by molar-refractivity contribution is 1.20. The minimum absolute atomic E-state index is 0.829. The summed E-state index contributed by atoms with van der Waals surface area (Å²) in [5, 5.41) is 17.4. The number of benzene rings is 7. The Bertz CT molecular complexity index is 2680. The van der Waals surface area contributed by atoms with Crippen LogP contribution in [0.3, 0.4) is 0 Å². The fourth-order valence-corrected chi connectivity index (χ4v) is 7.09. The van der Waals surface area contributed by atoms with E-state index in [1.807, 2.05) is 6.08 Å². The van der Waals surface area contributed by atoms with E-state index in [0.717, 1.165) is 60.8 Å². The molecule has 3 nitrogen and oxygen atoms in total. The van der Waals surface area contributed by atoms with Crippen LogP contribution in [-0.4, -0.2) is 10.8 Å². The van der Waals surface area contributed by atoms with Crippen molar-refractivity contribution >= 4 is 71.5 Å². The highest BCUT2D eigenvalue weighted by Crippen LogP contribution is 2.40. The van der Waals surface area contributed by atoms with Gasteiger partial charge in [0.2, 0.25) is 0 Å². The molecule has 0 saturated heterocycles. The van der Waals surface area contributed by atoms with E-state index >= 15 is 0 Å². The number of nitrogens with one attached hydrogen (secondary N) is 1. The van der Waals surface area contributed by atoms with Gasteiger partial charge in [-0.3, -0.25) is 0 Å². The summed E-state index contributed by atoms with van der Waals surface area (Å²) in [5.41, 5.74) is 15.4. The second-order valence-electron chi connectivity index (χ2n) is 12.1. The van der Waals surface area contributed by atoms with Crippen molar-refractivity contribution in [2.75, 3.05) is 0 Å². The summed E-state index contributed by atoms with van der Waals surface area (Å²) < 4.78 is 2.44.